The first kappa shape index (κ1) is 18.9. The molecule has 0 aliphatic heterocycles. The van der Waals surface area contributed by atoms with E-state index in [1.54, 1.807) is 31.4 Å². The van der Waals surface area contributed by atoms with E-state index in [1.165, 1.54) is 4.68 Å². The van der Waals surface area contributed by atoms with Crippen molar-refractivity contribution in [3.8, 4) is 11.4 Å². The van der Waals surface area contributed by atoms with Crippen molar-refractivity contribution in [2.24, 2.45) is 5.73 Å². The van der Waals surface area contributed by atoms with E-state index in [0.717, 1.165) is 11.1 Å². The summed E-state index contributed by atoms with van der Waals surface area (Å²) in [5.74, 6) is 0.959. The van der Waals surface area contributed by atoms with Gasteiger partial charge in [-0.3, -0.25) is 4.21 Å². The highest BCUT2D eigenvalue weighted by molar-refractivity contribution is 7.84. The molecule has 0 aliphatic carbocycles. The Labute approximate surface area is 158 Å². The fraction of sp³-hybridized carbons (Fsp3) is 0.222. The van der Waals surface area contributed by atoms with Crippen molar-refractivity contribution in [2.45, 2.75) is 23.4 Å². The van der Waals surface area contributed by atoms with Crippen molar-refractivity contribution in [3.05, 3.63) is 59.7 Å². The van der Waals surface area contributed by atoms with Crippen LogP contribution in [0.4, 0.5) is 0 Å². The Morgan fingerprint density at radius 3 is 2.67 bits per heavy atom. The van der Waals surface area contributed by atoms with Crippen LogP contribution in [0.25, 0.3) is 5.69 Å². The summed E-state index contributed by atoms with van der Waals surface area (Å²) >= 11 is 0. The summed E-state index contributed by atoms with van der Waals surface area (Å²) in [7, 11) is 0.136. The topological polar surface area (TPSA) is 113 Å². The Kier molecular flexibility index (Phi) is 6.05. The number of benzene rings is 2. The number of carbonyl (C=O) groups excluding carboxylic acids is 1. The van der Waals surface area contributed by atoms with Gasteiger partial charge < -0.3 is 15.3 Å². The molecule has 3 rings (SSSR count). The van der Waals surface area contributed by atoms with Gasteiger partial charge in [-0.1, -0.05) is 29.4 Å². The standard InChI is InChI=1S/C18H19N5O3S/c1-26-17-7-5-16(6-8-17)23-18(20-21-22-23)27(25)12-14-4-2-3-13(9-14)10-15(19)11-24/h2-9,11,15H,10,12,19H2,1H3. The predicted molar refractivity (Wildman–Crippen MR) is 100 cm³/mol. The van der Waals surface area contributed by atoms with Crippen LogP contribution < -0.4 is 10.5 Å². The second kappa shape index (κ2) is 8.65. The zero-order valence-electron chi connectivity index (χ0n) is 14.7. The fourth-order valence-corrected chi connectivity index (χ4v) is 3.66. The SMILES string of the molecule is COc1ccc(-n2nnnc2S(=O)Cc2cccc(CC(N)C=O)c2)cc1. The highest BCUT2D eigenvalue weighted by Gasteiger charge is 2.16. The van der Waals surface area contributed by atoms with Gasteiger partial charge in [0.2, 0.25) is 5.16 Å². The lowest BCUT2D eigenvalue weighted by Gasteiger charge is -2.08. The van der Waals surface area contributed by atoms with Crippen LogP contribution in [0.1, 0.15) is 11.1 Å². The molecule has 0 fully saturated rings. The molecule has 8 nitrogen and oxygen atoms in total. The maximum absolute atomic E-state index is 12.8. The van der Waals surface area contributed by atoms with E-state index in [0.29, 0.717) is 24.1 Å². The molecule has 1 heterocycles. The maximum atomic E-state index is 12.8. The molecule has 2 aromatic carbocycles. The van der Waals surface area contributed by atoms with Crippen LogP contribution in [0.5, 0.6) is 5.75 Å². The number of aromatic nitrogens is 4. The number of rotatable bonds is 8. The van der Waals surface area contributed by atoms with Crippen LogP contribution in [0.15, 0.2) is 53.7 Å². The van der Waals surface area contributed by atoms with Gasteiger partial charge in [-0.25, -0.2) is 0 Å². The van der Waals surface area contributed by atoms with E-state index >= 15 is 0 Å². The van der Waals surface area contributed by atoms with E-state index in [2.05, 4.69) is 15.5 Å². The second-order valence-corrected chi connectivity index (χ2v) is 7.23. The molecule has 2 atom stereocenters. The number of nitrogens with zero attached hydrogens (tertiary/aromatic N) is 4. The summed E-state index contributed by atoms with van der Waals surface area (Å²) < 4.78 is 19.4. The molecule has 0 aliphatic rings. The molecule has 0 amide bonds. The van der Waals surface area contributed by atoms with Gasteiger partial charge in [-0.2, -0.15) is 4.68 Å². The molecular weight excluding hydrogens is 366 g/mol. The monoisotopic (exact) mass is 385 g/mol. The number of aldehydes is 1. The van der Waals surface area contributed by atoms with Crippen LogP contribution in [0.2, 0.25) is 0 Å². The first-order valence-corrected chi connectivity index (χ1v) is 9.52. The maximum Gasteiger partial charge on any atom is 0.244 e. The average Bonchev–Trinajstić information content (AvgIpc) is 3.18. The molecule has 0 bridgehead atoms. The third-order valence-electron chi connectivity index (χ3n) is 3.90. The summed E-state index contributed by atoms with van der Waals surface area (Å²) in [6.07, 6.45) is 1.15. The third kappa shape index (κ3) is 4.63. The van der Waals surface area contributed by atoms with Crippen molar-refractivity contribution < 1.29 is 13.7 Å². The Hall–Kier alpha value is -2.91. The molecule has 27 heavy (non-hydrogen) atoms. The fourth-order valence-electron chi connectivity index (χ4n) is 2.59. The molecule has 2 unspecified atom stereocenters. The predicted octanol–water partition coefficient (Wildman–Crippen LogP) is 1.05. The summed E-state index contributed by atoms with van der Waals surface area (Å²) in [5, 5.41) is 11.8. The van der Waals surface area contributed by atoms with Crippen LogP contribution in [-0.2, 0) is 27.8 Å². The van der Waals surface area contributed by atoms with E-state index in [4.69, 9.17) is 10.5 Å². The van der Waals surface area contributed by atoms with Gasteiger partial charge in [0.05, 0.1) is 35.4 Å². The zero-order chi connectivity index (χ0) is 19.2. The minimum absolute atomic E-state index is 0.251. The Morgan fingerprint density at radius 2 is 1.96 bits per heavy atom. The third-order valence-corrected chi connectivity index (χ3v) is 5.15. The number of hydrogen-bond donors (Lipinski definition) is 1. The molecule has 140 valence electrons. The molecule has 3 aromatic rings. The summed E-state index contributed by atoms with van der Waals surface area (Å²) in [6, 6.07) is 14.1. The van der Waals surface area contributed by atoms with Crippen LogP contribution in [0, 0.1) is 0 Å². The van der Waals surface area contributed by atoms with Crippen LogP contribution in [-0.4, -0.2) is 43.9 Å². The number of methoxy groups -OCH3 is 1. The van der Waals surface area contributed by atoms with Crippen molar-refractivity contribution in [3.63, 3.8) is 0 Å². The van der Waals surface area contributed by atoms with E-state index in [-0.39, 0.29) is 10.9 Å². The minimum atomic E-state index is -1.45. The van der Waals surface area contributed by atoms with Gasteiger partial charge in [0.1, 0.15) is 12.0 Å². The van der Waals surface area contributed by atoms with Gasteiger partial charge in [0, 0.05) is 0 Å². The summed E-state index contributed by atoms with van der Waals surface area (Å²) in [4.78, 5) is 10.7. The molecule has 1 aromatic heterocycles. The zero-order valence-corrected chi connectivity index (χ0v) is 15.5. The first-order valence-electron chi connectivity index (χ1n) is 8.20. The number of hydrogen-bond acceptors (Lipinski definition) is 7. The number of carbonyl (C=O) groups is 1. The molecule has 2 N–H and O–H groups in total. The molecule has 0 radical (unpaired) electrons. The Bertz CT molecular complexity index is 942. The van der Waals surface area contributed by atoms with E-state index in [9.17, 15) is 9.00 Å². The molecule has 0 saturated heterocycles. The number of ether oxygens (including phenoxy) is 1. The Balaban J connectivity index is 1.78. The quantitative estimate of drug-likeness (QED) is 0.577. The average molecular weight is 385 g/mol. The lowest BCUT2D eigenvalue weighted by molar-refractivity contribution is -0.108. The summed E-state index contributed by atoms with van der Waals surface area (Å²) in [5.41, 5.74) is 8.13. The number of nitrogens with two attached hydrogens (primary N) is 1. The summed E-state index contributed by atoms with van der Waals surface area (Å²) in [6.45, 7) is 0. The molecule has 0 saturated carbocycles. The number of tetrazole rings is 1. The van der Waals surface area contributed by atoms with Gasteiger partial charge in [-0.05, 0) is 52.2 Å². The molecule has 9 heteroatoms. The van der Waals surface area contributed by atoms with Crippen LogP contribution in [0.3, 0.4) is 0 Å². The van der Waals surface area contributed by atoms with E-state index in [1.807, 2.05) is 24.3 Å². The van der Waals surface area contributed by atoms with Crippen LogP contribution >= 0.6 is 0 Å². The lowest BCUT2D eigenvalue weighted by atomic mass is 10.1. The Morgan fingerprint density at radius 1 is 1.22 bits per heavy atom. The van der Waals surface area contributed by atoms with Gasteiger partial charge in [-0.15, -0.1) is 0 Å². The molecular formula is C18H19N5O3S. The minimum Gasteiger partial charge on any atom is -0.497 e. The largest absolute Gasteiger partial charge is 0.497 e. The van der Waals surface area contributed by atoms with Gasteiger partial charge in [0.25, 0.3) is 0 Å². The van der Waals surface area contributed by atoms with Gasteiger partial charge >= 0.3 is 0 Å². The van der Waals surface area contributed by atoms with Crippen molar-refractivity contribution >= 4 is 17.1 Å². The van der Waals surface area contributed by atoms with Crippen molar-refractivity contribution in [2.75, 3.05) is 7.11 Å². The normalized spacial score (nSPS) is 13.1. The second-order valence-electron chi connectivity index (χ2n) is 5.89. The smallest absolute Gasteiger partial charge is 0.244 e. The highest BCUT2D eigenvalue weighted by Crippen LogP contribution is 2.18. The van der Waals surface area contributed by atoms with Gasteiger partial charge in [0.15, 0.2) is 0 Å². The first-order chi connectivity index (χ1) is 13.1. The molecule has 0 spiro atoms. The van der Waals surface area contributed by atoms with Crippen molar-refractivity contribution in [1.82, 2.24) is 20.2 Å². The lowest BCUT2D eigenvalue weighted by Crippen LogP contribution is -2.24. The van der Waals surface area contributed by atoms with E-state index < -0.39 is 16.8 Å². The highest BCUT2D eigenvalue weighted by atomic mass is 32.2. The van der Waals surface area contributed by atoms with Crippen molar-refractivity contribution in [1.29, 1.82) is 0 Å².